The standard InChI is InChI=1S/C15H24NO4/c1-9-14(17)15(18)13(16(9,2)3)10-6-7-11(19-4)12(8-10)20-5/h6-9,13-15,17-18H,1-5H3/q+1. The lowest BCUT2D eigenvalue weighted by molar-refractivity contribution is -0.931. The molecule has 0 bridgehead atoms. The molecule has 5 nitrogen and oxygen atoms in total. The lowest BCUT2D eigenvalue weighted by Gasteiger charge is -2.36. The number of methoxy groups -OCH3 is 2. The van der Waals surface area contributed by atoms with E-state index in [0.717, 1.165) is 5.56 Å². The van der Waals surface area contributed by atoms with Gasteiger partial charge in [0.2, 0.25) is 0 Å². The molecule has 1 aromatic rings. The lowest BCUT2D eigenvalue weighted by atomic mass is 10.00. The van der Waals surface area contributed by atoms with Crippen LogP contribution in [0.3, 0.4) is 0 Å². The molecule has 0 saturated carbocycles. The van der Waals surface area contributed by atoms with Crippen molar-refractivity contribution in [2.45, 2.75) is 31.2 Å². The van der Waals surface area contributed by atoms with E-state index in [4.69, 9.17) is 9.47 Å². The van der Waals surface area contributed by atoms with Crippen LogP contribution in [-0.2, 0) is 0 Å². The Morgan fingerprint density at radius 1 is 1.00 bits per heavy atom. The zero-order valence-corrected chi connectivity index (χ0v) is 12.7. The average molecular weight is 282 g/mol. The lowest BCUT2D eigenvalue weighted by Crippen LogP contribution is -2.46. The molecule has 1 heterocycles. The van der Waals surface area contributed by atoms with Gasteiger partial charge in [0.05, 0.1) is 28.3 Å². The fraction of sp³-hybridized carbons (Fsp3) is 0.600. The first-order valence-corrected chi connectivity index (χ1v) is 6.76. The third-order valence-electron chi connectivity index (χ3n) is 4.68. The Morgan fingerprint density at radius 2 is 1.60 bits per heavy atom. The molecule has 112 valence electrons. The van der Waals surface area contributed by atoms with Crippen molar-refractivity contribution in [3.05, 3.63) is 23.8 Å². The van der Waals surface area contributed by atoms with Crippen LogP contribution >= 0.6 is 0 Å². The van der Waals surface area contributed by atoms with Gasteiger partial charge in [-0.15, -0.1) is 0 Å². The van der Waals surface area contributed by atoms with Gasteiger partial charge in [0.1, 0.15) is 24.3 Å². The highest BCUT2D eigenvalue weighted by Crippen LogP contribution is 2.42. The van der Waals surface area contributed by atoms with Gasteiger partial charge in [0.25, 0.3) is 0 Å². The van der Waals surface area contributed by atoms with E-state index < -0.39 is 12.2 Å². The second kappa shape index (κ2) is 5.24. The number of aliphatic hydroxyl groups is 2. The number of hydrogen-bond acceptors (Lipinski definition) is 4. The molecule has 0 aromatic heterocycles. The van der Waals surface area contributed by atoms with Crippen LogP contribution in [0.15, 0.2) is 18.2 Å². The monoisotopic (exact) mass is 282 g/mol. The van der Waals surface area contributed by atoms with E-state index in [9.17, 15) is 10.2 Å². The summed E-state index contributed by atoms with van der Waals surface area (Å²) in [6.07, 6.45) is -1.53. The minimum atomic E-state index is -0.793. The van der Waals surface area contributed by atoms with Gasteiger partial charge in [-0.3, -0.25) is 0 Å². The number of quaternary nitrogens is 1. The largest absolute Gasteiger partial charge is 0.493 e. The molecule has 1 aromatic carbocycles. The summed E-state index contributed by atoms with van der Waals surface area (Å²) in [4.78, 5) is 0. The molecular formula is C15H24NO4+. The van der Waals surface area contributed by atoms with Gasteiger partial charge in [-0.05, 0) is 25.1 Å². The molecule has 0 amide bonds. The minimum Gasteiger partial charge on any atom is -0.493 e. The van der Waals surface area contributed by atoms with Crippen molar-refractivity contribution in [2.24, 2.45) is 0 Å². The number of hydrogen-bond donors (Lipinski definition) is 2. The highest BCUT2D eigenvalue weighted by molar-refractivity contribution is 5.44. The first-order chi connectivity index (χ1) is 9.34. The molecule has 20 heavy (non-hydrogen) atoms. The number of likely N-dealkylation sites (tertiary alicyclic amines) is 1. The summed E-state index contributed by atoms with van der Waals surface area (Å²) in [5.41, 5.74) is 0.934. The van der Waals surface area contributed by atoms with Crippen LogP contribution in [0, 0.1) is 0 Å². The number of rotatable bonds is 3. The van der Waals surface area contributed by atoms with Gasteiger partial charge in [-0.1, -0.05) is 0 Å². The summed E-state index contributed by atoms with van der Waals surface area (Å²) >= 11 is 0. The topological polar surface area (TPSA) is 58.9 Å². The molecule has 4 unspecified atom stereocenters. The molecular weight excluding hydrogens is 258 g/mol. The van der Waals surface area contributed by atoms with Crippen molar-refractivity contribution in [3.8, 4) is 11.5 Å². The van der Waals surface area contributed by atoms with E-state index in [2.05, 4.69) is 0 Å². The fourth-order valence-electron chi connectivity index (χ4n) is 3.13. The van der Waals surface area contributed by atoms with E-state index in [1.807, 2.05) is 39.2 Å². The van der Waals surface area contributed by atoms with Crippen molar-refractivity contribution in [2.75, 3.05) is 28.3 Å². The Kier molecular flexibility index (Phi) is 3.95. The Morgan fingerprint density at radius 3 is 2.05 bits per heavy atom. The number of ether oxygens (including phenoxy) is 2. The summed E-state index contributed by atoms with van der Waals surface area (Å²) in [6, 6.07) is 5.39. The summed E-state index contributed by atoms with van der Waals surface area (Å²) in [5, 5.41) is 20.5. The first-order valence-electron chi connectivity index (χ1n) is 6.76. The normalized spacial score (nSPS) is 32.1. The quantitative estimate of drug-likeness (QED) is 0.810. The molecule has 1 fully saturated rings. The average Bonchev–Trinajstić information content (AvgIpc) is 2.58. The number of benzene rings is 1. The predicted molar refractivity (Wildman–Crippen MR) is 75.9 cm³/mol. The molecule has 2 rings (SSSR count). The summed E-state index contributed by atoms with van der Waals surface area (Å²) in [6.45, 7) is 1.95. The van der Waals surface area contributed by atoms with Crippen molar-refractivity contribution in [1.29, 1.82) is 0 Å². The summed E-state index contributed by atoms with van der Waals surface area (Å²) < 4.78 is 11.1. The zero-order chi connectivity index (χ0) is 15.1. The van der Waals surface area contributed by atoms with Crippen LogP contribution in [0.4, 0.5) is 0 Å². The van der Waals surface area contributed by atoms with Crippen molar-refractivity contribution in [3.63, 3.8) is 0 Å². The second-order valence-corrected chi connectivity index (χ2v) is 5.91. The van der Waals surface area contributed by atoms with Gasteiger partial charge < -0.3 is 24.2 Å². The smallest absolute Gasteiger partial charge is 0.161 e. The van der Waals surface area contributed by atoms with Crippen LogP contribution in [0.2, 0.25) is 0 Å². The van der Waals surface area contributed by atoms with Crippen molar-refractivity contribution >= 4 is 0 Å². The molecule has 1 saturated heterocycles. The van der Waals surface area contributed by atoms with Crippen LogP contribution in [0.25, 0.3) is 0 Å². The zero-order valence-electron chi connectivity index (χ0n) is 12.7. The van der Waals surface area contributed by atoms with E-state index in [-0.39, 0.29) is 12.1 Å². The maximum absolute atomic E-state index is 10.4. The van der Waals surface area contributed by atoms with Gasteiger partial charge in [-0.2, -0.15) is 0 Å². The molecule has 2 N–H and O–H groups in total. The van der Waals surface area contributed by atoms with Crippen molar-refractivity contribution in [1.82, 2.24) is 0 Å². The van der Waals surface area contributed by atoms with Gasteiger partial charge in [0, 0.05) is 5.56 Å². The molecule has 0 aliphatic carbocycles. The molecule has 0 radical (unpaired) electrons. The molecule has 0 spiro atoms. The molecule has 1 aliphatic heterocycles. The van der Waals surface area contributed by atoms with Crippen molar-refractivity contribution < 1.29 is 24.2 Å². The van der Waals surface area contributed by atoms with Crippen LogP contribution in [0.5, 0.6) is 11.5 Å². The Labute approximate surface area is 119 Å². The molecule has 5 heteroatoms. The van der Waals surface area contributed by atoms with E-state index in [1.165, 1.54) is 0 Å². The SMILES string of the molecule is COc1ccc(C2C(O)C(O)C(C)[N+]2(C)C)cc1OC. The number of aliphatic hydroxyl groups excluding tert-OH is 2. The maximum Gasteiger partial charge on any atom is 0.161 e. The highest BCUT2D eigenvalue weighted by Gasteiger charge is 2.54. The number of nitrogens with zero attached hydrogens (tertiary/aromatic N) is 1. The van der Waals surface area contributed by atoms with Crippen LogP contribution < -0.4 is 9.47 Å². The summed E-state index contributed by atoms with van der Waals surface area (Å²) in [7, 11) is 7.22. The fourth-order valence-corrected chi connectivity index (χ4v) is 3.13. The van der Waals surface area contributed by atoms with Gasteiger partial charge in [-0.25, -0.2) is 0 Å². The molecule has 4 atom stereocenters. The first kappa shape index (κ1) is 15.1. The van der Waals surface area contributed by atoms with Gasteiger partial charge >= 0.3 is 0 Å². The second-order valence-electron chi connectivity index (χ2n) is 5.91. The third-order valence-corrected chi connectivity index (χ3v) is 4.68. The van der Waals surface area contributed by atoms with Gasteiger partial charge in [0.15, 0.2) is 11.5 Å². The Hall–Kier alpha value is -1.30. The maximum atomic E-state index is 10.4. The van der Waals surface area contributed by atoms with E-state index in [1.54, 1.807) is 14.2 Å². The van der Waals surface area contributed by atoms with E-state index in [0.29, 0.717) is 16.0 Å². The molecule has 1 aliphatic rings. The number of likely N-dealkylation sites (N-methyl/N-ethyl adjacent to an activating group) is 1. The Balaban J connectivity index is 2.45. The highest BCUT2D eigenvalue weighted by atomic mass is 16.5. The summed E-state index contributed by atoms with van der Waals surface area (Å²) in [5.74, 6) is 1.29. The minimum absolute atomic E-state index is 0.0388. The van der Waals surface area contributed by atoms with E-state index >= 15 is 0 Å². The predicted octanol–water partition coefficient (Wildman–Crippen LogP) is 0.945. The van der Waals surface area contributed by atoms with Crippen LogP contribution in [0.1, 0.15) is 18.5 Å². The Bertz CT molecular complexity index is 489. The third kappa shape index (κ3) is 2.16. The van der Waals surface area contributed by atoms with Crippen LogP contribution in [-0.4, -0.2) is 61.3 Å².